The van der Waals surface area contributed by atoms with E-state index in [0.29, 0.717) is 30.4 Å². The molecule has 2 saturated heterocycles. The molecule has 0 aromatic heterocycles. The van der Waals surface area contributed by atoms with Crippen LogP contribution in [0.2, 0.25) is 0 Å². The summed E-state index contributed by atoms with van der Waals surface area (Å²) in [7, 11) is 0. The molecule has 5 rings (SSSR count). The van der Waals surface area contributed by atoms with Crippen LogP contribution in [-0.4, -0.2) is 44.3 Å². The minimum Gasteiger partial charge on any atom is -0.454 e. The Morgan fingerprint density at radius 2 is 1.79 bits per heavy atom. The molecule has 4 atom stereocenters. The van der Waals surface area contributed by atoms with Gasteiger partial charge in [-0.15, -0.1) is 0 Å². The van der Waals surface area contributed by atoms with Crippen LogP contribution in [0, 0.1) is 17.8 Å². The first-order chi connectivity index (χ1) is 14.3. The van der Waals surface area contributed by atoms with E-state index in [9.17, 15) is 4.79 Å². The predicted octanol–water partition coefficient (Wildman–Crippen LogP) is 2.37. The SMILES string of the molecule is O=C(Nc1ccc2c(c1)OCO2)N[C@H]1CO[C@H]2[C@@H]1OC[C@@H]2C#Cc1ccccc1. The fraction of sp³-hybridized carbons (Fsp3) is 0.318. The van der Waals surface area contributed by atoms with Crippen molar-refractivity contribution in [3.63, 3.8) is 0 Å². The summed E-state index contributed by atoms with van der Waals surface area (Å²) < 4.78 is 22.4. The lowest BCUT2D eigenvalue weighted by Crippen LogP contribution is -2.45. The van der Waals surface area contributed by atoms with Crippen LogP contribution in [-0.2, 0) is 9.47 Å². The molecule has 3 aliphatic rings. The maximum atomic E-state index is 12.4. The molecule has 0 radical (unpaired) electrons. The number of ether oxygens (including phenoxy) is 4. The summed E-state index contributed by atoms with van der Waals surface area (Å²) in [6.07, 6.45) is -0.338. The fourth-order valence-electron chi connectivity index (χ4n) is 3.75. The van der Waals surface area contributed by atoms with E-state index in [0.717, 1.165) is 5.56 Å². The molecule has 3 aliphatic heterocycles. The predicted molar refractivity (Wildman–Crippen MR) is 105 cm³/mol. The summed E-state index contributed by atoms with van der Waals surface area (Å²) in [5.74, 6) is 7.71. The van der Waals surface area contributed by atoms with E-state index in [4.69, 9.17) is 18.9 Å². The number of rotatable bonds is 2. The van der Waals surface area contributed by atoms with E-state index in [1.54, 1.807) is 18.2 Å². The van der Waals surface area contributed by atoms with Crippen molar-refractivity contribution in [1.82, 2.24) is 5.32 Å². The van der Waals surface area contributed by atoms with Gasteiger partial charge < -0.3 is 29.6 Å². The topological polar surface area (TPSA) is 78.1 Å². The van der Waals surface area contributed by atoms with Crippen molar-refractivity contribution >= 4 is 11.7 Å². The maximum Gasteiger partial charge on any atom is 0.319 e. The summed E-state index contributed by atoms with van der Waals surface area (Å²) in [6, 6.07) is 14.6. The minimum absolute atomic E-state index is 0.0103. The third-order valence-electron chi connectivity index (χ3n) is 5.18. The van der Waals surface area contributed by atoms with Crippen LogP contribution in [0.25, 0.3) is 0 Å². The normalized spacial score (nSPS) is 26.3. The molecule has 2 aromatic carbocycles. The lowest BCUT2D eigenvalue weighted by atomic mass is 10.0. The Morgan fingerprint density at radius 3 is 2.69 bits per heavy atom. The first kappa shape index (κ1) is 17.9. The number of hydrogen-bond donors (Lipinski definition) is 2. The zero-order valence-corrected chi connectivity index (χ0v) is 15.6. The van der Waals surface area contributed by atoms with E-state index in [-0.39, 0.29) is 37.0 Å². The van der Waals surface area contributed by atoms with Gasteiger partial charge in [0.2, 0.25) is 6.79 Å². The second-order valence-electron chi connectivity index (χ2n) is 7.11. The fourth-order valence-corrected chi connectivity index (χ4v) is 3.75. The summed E-state index contributed by atoms with van der Waals surface area (Å²) in [4.78, 5) is 12.4. The van der Waals surface area contributed by atoms with Crippen LogP contribution < -0.4 is 20.1 Å². The lowest BCUT2D eigenvalue weighted by Gasteiger charge is -2.18. The molecule has 0 saturated carbocycles. The van der Waals surface area contributed by atoms with Gasteiger partial charge in [0.05, 0.1) is 25.2 Å². The van der Waals surface area contributed by atoms with Crippen LogP contribution in [0.1, 0.15) is 5.56 Å². The average molecular weight is 392 g/mol. The molecule has 2 amide bonds. The first-order valence-electron chi connectivity index (χ1n) is 9.53. The van der Waals surface area contributed by atoms with Crippen LogP contribution in [0.15, 0.2) is 48.5 Å². The molecule has 2 N–H and O–H groups in total. The summed E-state index contributed by atoms with van der Waals surface area (Å²) in [6.45, 7) is 1.09. The molecule has 2 fully saturated rings. The van der Waals surface area contributed by atoms with Gasteiger partial charge in [-0.2, -0.15) is 0 Å². The number of benzene rings is 2. The first-order valence-corrected chi connectivity index (χ1v) is 9.53. The third-order valence-corrected chi connectivity index (χ3v) is 5.18. The van der Waals surface area contributed by atoms with Gasteiger partial charge in [0.25, 0.3) is 0 Å². The molecule has 3 heterocycles. The second-order valence-corrected chi connectivity index (χ2v) is 7.11. The molecule has 0 spiro atoms. The molecule has 29 heavy (non-hydrogen) atoms. The van der Waals surface area contributed by atoms with E-state index in [1.165, 1.54) is 0 Å². The largest absolute Gasteiger partial charge is 0.454 e. The standard InChI is InChI=1S/C22H20N2O5/c25-22(23-16-8-9-18-19(10-16)29-13-28-18)24-17-12-27-20-15(11-26-21(17)20)7-6-14-4-2-1-3-5-14/h1-5,8-10,15,17,20-21H,11-13H2,(H2,23,24,25)/t15-,17-,20+,21+/m0/s1. The van der Waals surface area contributed by atoms with E-state index in [2.05, 4.69) is 22.5 Å². The van der Waals surface area contributed by atoms with Crippen molar-refractivity contribution in [2.24, 2.45) is 5.92 Å². The van der Waals surface area contributed by atoms with Crippen molar-refractivity contribution in [1.29, 1.82) is 0 Å². The van der Waals surface area contributed by atoms with Gasteiger partial charge in [-0.05, 0) is 24.3 Å². The van der Waals surface area contributed by atoms with Gasteiger partial charge in [-0.1, -0.05) is 30.0 Å². The molecule has 148 valence electrons. The zero-order valence-electron chi connectivity index (χ0n) is 15.6. The highest BCUT2D eigenvalue weighted by atomic mass is 16.7. The van der Waals surface area contributed by atoms with Crippen molar-refractivity contribution in [3.05, 3.63) is 54.1 Å². The van der Waals surface area contributed by atoms with Gasteiger partial charge >= 0.3 is 6.03 Å². The highest BCUT2D eigenvalue weighted by Gasteiger charge is 2.47. The van der Waals surface area contributed by atoms with Crippen molar-refractivity contribution < 1.29 is 23.7 Å². The monoisotopic (exact) mass is 392 g/mol. The second kappa shape index (κ2) is 7.66. The Bertz CT molecular complexity index is 968. The minimum atomic E-state index is -0.319. The number of urea groups is 1. The van der Waals surface area contributed by atoms with Crippen LogP contribution >= 0.6 is 0 Å². The molecular formula is C22H20N2O5. The molecule has 0 aliphatic carbocycles. The average Bonchev–Trinajstić information content (AvgIpc) is 3.45. The van der Waals surface area contributed by atoms with Gasteiger partial charge in [-0.3, -0.25) is 0 Å². The van der Waals surface area contributed by atoms with E-state index < -0.39 is 0 Å². The number of hydrogen-bond acceptors (Lipinski definition) is 5. The van der Waals surface area contributed by atoms with E-state index >= 15 is 0 Å². The number of fused-ring (bicyclic) bond motifs is 2. The lowest BCUT2D eigenvalue weighted by molar-refractivity contribution is 0.0666. The quantitative estimate of drug-likeness (QED) is 0.768. The molecule has 2 aromatic rings. The van der Waals surface area contributed by atoms with Crippen LogP contribution in [0.5, 0.6) is 11.5 Å². The third kappa shape index (κ3) is 3.73. The summed E-state index contributed by atoms with van der Waals surface area (Å²) in [5, 5.41) is 5.75. The van der Waals surface area contributed by atoms with Gasteiger partial charge in [0, 0.05) is 17.3 Å². The van der Waals surface area contributed by atoms with Crippen molar-refractivity contribution in [3.8, 4) is 23.3 Å². The number of carbonyl (C=O) groups is 1. The smallest absolute Gasteiger partial charge is 0.319 e. The summed E-state index contributed by atoms with van der Waals surface area (Å²) >= 11 is 0. The molecule has 0 bridgehead atoms. The zero-order chi connectivity index (χ0) is 19.6. The Labute approximate surface area is 168 Å². The highest BCUT2D eigenvalue weighted by molar-refractivity contribution is 5.90. The summed E-state index contributed by atoms with van der Waals surface area (Å²) in [5.41, 5.74) is 1.59. The molecule has 7 nitrogen and oxygen atoms in total. The van der Waals surface area contributed by atoms with Crippen LogP contribution in [0.3, 0.4) is 0 Å². The maximum absolute atomic E-state index is 12.4. The van der Waals surface area contributed by atoms with Crippen molar-refractivity contribution in [2.75, 3.05) is 25.3 Å². The Hall–Kier alpha value is -3.21. The van der Waals surface area contributed by atoms with Gasteiger partial charge in [-0.25, -0.2) is 4.79 Å². The highest BCUT2D eigenvalue weighted by Crippen LogP contribution is 2.34. The van der Waals surface area contributed by atoms with Gasteiger partial charge in [0.1, 0.15) is 12.2 Å². The number of nitrogens with one attached hydrogen (secondary N) is 2. The molecular weight excluding hydrogens is 372 g/mol. The number of carbonyl (C=O) groups excluding carboxylic acids is 1. The number of amides is 2. The Kier molecular flexibility index (Phi) is 4.72. The Balaban J connectivity index is 1.18. The number of anilines is 1. The molecule has 0 unspecified atom stereocenters. The van der Waals surface area contributed by atoms with Gasteiger partial charge in [0.15, 0.2) is 11.5 Å². The molecule has 7 heteroatoms. The van der Waals surface area contributed by atoms with Crippen LogP contribution in [0.4, 0.5) is 10.5 Å². The van der Waals surface area contributed by atoms with E-state index in [1.807, 2.05) is 30.3 Å². The Morgan fingerprint density at radius 1 is 0.966 bits per heavy atom. The van der Waals surface area contributed by atoms with Crippen molar-refractivity contribution in [2.45, 2.75) is 18.2 Å².